The van der Waals surface area contributed by atoms with Gasteiger partial charge in [-0.25, -0.2) is 0 Å². The predicted molar refractivity (Wildman–Crippen MR) is 80.7 cm³/mol. The van der Waals surface area contributed by atoms with Gasteiger partial charge in [-0.1, -0.05) is 10.3 Å². The molecule has 3 rings (SSSR count). The molecule has 2 aromatic rings. The monoisotopic (exact) mass is 319 g/mol. The van der Waals surface area contributed by atoms with Gasteiger partial charge >= 0.3 is 0 Å². The second kappa shape index (κ2) is 6.16. The van der Waals surface area contributed by atoms with E-state index in [0.717, 1.165) is 22.7 Å². The van der Waals surface area contributed by atoms with Crippen molar-refractivity contribution in [3.8, 4) is 0 Å². The molecule has 0 unspecified atom stereocenters. The largest absolute Gasteiger partial charge is 0.391 e. The van der Waals surface area contributed by atoms with Gasteiger partial charge in [0.15, 0.2) is 0 Å². The van der Waals surface area contributed by atoms with Gasteiger partial charge in [-0.2, -0.15) is 0 Å². The van der Waals surface area contributed by atoms with E-state index in [4.69, 9.17) is 9.05 Å². The van der Waals surface area contributed by atoms with Crippen LogP contribution in [0.3, 0.4) is 0 Å². The number of nitrogens with zero attached hydrogens (tertiary/aromatic N) is 3. The summed E-state index contributed by atoms with van der Waals surface area (Å²) in [5.74, 6) is 1.36. The fraction of sp³-hybridized carbons (Fsp3) is 0.562. The van der Waals surface area contributed by atoms with Gasteiger partial charge in [-0.15, -0.1) is 0 Å². The maximum absolute atomic E-state index is 12.5. The maximum Gasteiger partial charge on any atom is 0.227 e. The fourth-order valence-corrected chi connectivity index (χ4v) is 3.05. The number of aromatic nitrogens is 2. The van der Waals surface area contributed by atoms with Crippen LogP contribution >= 0.6 is 0 Å². The molecular weight excluding hydrogens is 298 g/mol. The Hall–Kier alpha value is -2.15. The topological polar surface area (TPSA) is 92.6 Å². The molecule has 3 heterocycles. The van der Waals surface area contributed by atoms with E-state index in [2.05, 4.69) is 10.3 Å². The lowest BCUT2D eigenvalue weighted by atomic mass is 10.0. The molecule has 23 heavy (non-hydrogen) atoms. The number of likely N-dealkylation sites (tertiary alicyclic amines) is 1. The standard InChI is InChI=1S/C16H21N3O4/c1-9-4-13(23-17-9)5-12-7-19(8-15(12)20)16(21)6-14-10(2)18-22-11(14)3/h4,12,15,20H,5-8H2,1-3H3/t12-,15+/m1/s1. The van der Waals surface area contributed by atoms with Crippen LogP contribution in [0, 0.1) is 26.7 Å². The Morgan fingerprint density at radius 1 is 1.30 bits per heavy atom. The smallest absolute Gasteiger partial charge is 0.227 e. The Labute approximate surface area is 134 Å². The molecule has 7 heteroatoms. The lowest BCUT2D eigenvalue weighted by molar-refractivity contribution is -0.129. The molecule has 1 N–H and O–H groups in total. The van der Waals surface area contributed by atoms with E-state index < -0.39 is 6.10 Å². The summed E-state index contributed by atoms with van der Waals surface area (Å²) in [5.41, 5.74) is 2.39. The average Bonchev–Trinajstić information content (AvgIpc) is 3.16. The van der Waals surface area contributed by atoms with Gasteiger partial charge in [-0.05, 0) is 20.8 Å². The van der Waals surface area contributed by atoms with Crippen molar-refractivity contribution < 1.29 is 18.9 Å². The molecule has 1 saturated heterocycles. The molecular formula is C16H21N3O4. The first-order chi connectivity index (χ1) is 10.9. The highest BCUT2D eigenvalue weighted by Gasteiger charge is 2.35. The molecule has 1 fully saturated rings. The summed E-state index contributed by atoms with van der Waals surface area (Å²) in [6, 6.07) is 1.86. The van der Waals surface area contributed by atoms with Crippen LogP contribution in [0.4, 0.5) is 0 Å². The molecule has 1 aliphatic heterocycles. The third-order valence-electron chi connectivity index (χ3n) is 4.41. The Kier molecular flexibility index (Phi) is 4.21. The van der Waals surface area contributed by atoms with E-state index in [-0.39, 0.29) is 18.2 Å². The van der Waals surface area contributed by atoms with Crippen LogP contribution < -0.4 is 0 Å². The summed E-state index contributed by atoms with van der Waals surface area (Å²) in [6.07, 6.45) is 0.285. The number of rotatable bonds is 4. The van der Waals surface area contributed by atoms with Crippen LogP contribution in [0.1, 0.15) is 28.5 Å². The Bertz CT molecular complexity index is 686. The first-order valence-electron chi connectivity index (χ1n) is 7.74. The van der Waals surface area contributed by atoms with E-state index in [1.54, 1.807) is 11.8 Å². The number of amides is 1. The Balaban J connectivity index is 1.62. The molecule has 1 aliphatic rings. The Morgan fingerprint density at radius 2 is 2.09 bits per heavy atom. The van der Waals surface area contributed by atoms with Crippen molar-refractivity contribution in [2.24, 2.45) is 5.92 Å². The van der Waals surface area contributed by atoms with Gasteiger partial charge in [0.25, 0.3) is 0 Å². The van der Waals surface area contributed by atoms with Gasteiger partial charge in [-0.3, -0.25) is 4.79 Å². The summed E-state index contributed by atoms with van der Waals surface area (Å²) in [4.78, 5) is 14.2. The molecule has 0 aromatic carbocycles. The molecule has 0 radical (unpaired) electrons. The van der Waals surface area contributed by atoms with Crippen molar-refractivity contribution in [3.63, 3.8) is 0 Å². The van der Waals surface area contributed by atoms with Crippen LogP contribution in [0.2, 0.25) is 0 Å². The molecule has 7 nitrogen and oxygen atoms in total. The average molecular weight is 319 g/mol. The number of aryl methyl sites for hydroxylation is 3. The van der Waals surface area contributed by atoms with E-state index in [0.29, 0.717) is 25.3 Å². The number of β-amino-alcohol motifs (C(OH)–C–C–N with tert-alkyl or cyclic N) is 1. The third kappa shape index (κ3) is 3.29. The second-order valence-corrected chi connectivity index (χ2v) is 6.24. The predicted octanol–water partition coefficient (Wildman–Crippen LogP) is 1.19. The first kappa shape index (κ1) is 15.7. The maximum atomic E-state index is 12.5. The van der Waals surface area contributed by atoms with Crippen molar-refractivity contribution in [3.05, 3.63) is 34.5 Å². The summed E-state index contributed by atoms with van der Waals surface area (Å²) in [5, 5.41) is 17.9. The number of aliphatic hydroxyl groups is 1. The zero-order chi connectivity index (χ0) is 16.6. The van der Waals surface area contributed by atoms with Gasteiger partial charge < -0.3 is 19.1 Å². The number of hydrogen-bond donors (Lipinski definition) is 1. The van der Waals surface area contributed by atoms with E-state index in [9.17, 15) is 9.90 Å². The van der Waals surface area contributed by atoms with Crippen LogP contribution in [-0.4, -0.2) is 45.4 Å². The molecule has 0 saturated carbocycles. The van der Waals surface area contributed by atoms with Gasteiger partial charge in [0.1, 0.15) is 11.5 Å². The molecule has 124 valence electrons. The van der Waals surface area contributed by atoms with Crippen molar-refractivity contribution >= 4 is 5.91 Å². The van der Waals surface area contributed by atoms with Crippen LogP contribution in [0.25, 0.3) is 0 Å². The van der Waals surface area contributed by atoms with Crippen molar-refractivity contribution in [2.45, 2.75) is 39.7 Å². The number of carbonyl (C=O) groups excluding carboxylic acids is 1. The van der Waals surface area contributed by atoms with Crippen molar-refractivity contribution in [2.75, 3.05) is 13.1 Å². The van der Waals surface area contributed by atoms with Crippen LogP contribution in [0.15, 0.2) is 15.1 Å². The molecule has 2 atom stereocenters. The first-order valence-corrected chi connectivity index (χ1v) is 7.74. The number of aliphatic hydroxyl groups excluding tert-OH is 1. The molecule has 2 aromatic heterocycles. The van der Waals surface area contributed by atoms with Gasteiger partial charge in [0.05, 0.1) is 23.9 Å². The normalized spacial score (nSPS) is 21.1. The zero-order valence-electron chi connectivity index (χ0n) is 13.6. The second-order valence-electron chi connectivity index (χ2n) is 6.24. The minimum absolute atomic E-state index is 0.0188. The van der Waals surface area contributed by atoms with Crippen LogP contribution in [-0.2, 0) is 17.6 Å². The zero-order valence-corrected chi connectivity index (χ0v) is 13.6. The number of hydrogen-bond acceptors (Lipinski definition) is 6. The van der Waals surface area contributed by atoms with Gasteiger partial charge in [0, 0.05) is 37.1 Å². The summed E-state index contributed by atoms with van der Waals surface area (Å²) < 4.78 is 10.3. The number of carbonyl (C=O) groups is 1. The van der Waals surface area contributed by atoms with Crippen LogP contribution in [0.5, 0.6) is 0 Å². The summed E-state index contributed by atoms with van der Waals surface area (Å²) >= 11 is 0. The minimum atomic E-state index is -0.547. The van der Waals surface area contributed by atoms with Crippen molar-refractivity contribution in [1.29, 1.82) is 0 Å². The molecule has 0 bridgehead atoms. The van der Waals surface area contributed by atoms with Crippen molar-refractivity contribution in [1.82, 2.24) is 15.2 Å². The Morgan fingerprint density at radius 3 is 2.70 bits per heavy atom. The highest BCUT2D eigenvalue weighted by atomic mass is 16.5. The van der Waals surface area contributed by atoms with E-state index in [1.807, 2.05) is 19.9 Å². The molecule has 0 spiro atoms. The highest BCUT2D eigenvalue weighted by molar-refractivity contribution is 5.79. The van der Waals surface area contributed by atoms with E-state index >= 15 is 0 Å². The summed E-state index contributed by atoms with van der Waals surface area (Å²) in [7, 11) is 0. The molecule has 0 aliphatic carbocycles. The minimum Gasteiger partial charge on any atom is -0.391 e. The fourth-order valence-electron chi connectivity index (χ4n) is 3.05. The summed E-state index contributed by atoms with van der Waals surface area (Å²) in [6.45, 7) is 6.35. The quantitative estimate of drug-likeness (QED) is 0.910. The molecule has 1 amide bonds. The lowest BCUT2D eigenvalue weighted by Crippen LogP contribution is -2.31. The third-order valence-corrected chi connectivity index (χ3v) is 4.41. The SMILES string of the molecule is Cc1cc(C[C@@H]2CN(C(=O)Cc3c(C)noc3C)C[C@@H]2O)on1. The van der Waals surface area contributed by atoms with E-state index in [1.165, 1.54) is 0 Å². The van der Waals surface area contributed by atoms with Gasteiger partial charge in [0.2, 0.25) is 5.91 Å². The lowest BCUT2D eigenvalue weighted by Gasteiger charge is -2.15. The highest BCUT2D eigenvalue weighted by Crippen LogP contribution is 2.23.